The summed E-state index contributed by atoms with van der Waals surface area (Å²) in [4.78, 5) is 0. The molecule has 0 saturated carbocycles. The molecule has 9 heavy (non-hydrogen) atoms. The molecule has 0 heterocycles. The molecule has 0 aromatic rings. The molecule has 0 aromatic carbocycles. The van der Waals surface area contributed by atoms with Crippen molar-refractivity contribution in [1.29, 1.82) is 0 Å². The molecule has 0 atom stereocenters. The highest BCUT2D eigenvalue weighted by molar-refractivity contribution is 5.22. The zero-order valence-electron chi connectivity index (χ0n) is 5.65. The van der Waals surface area contributed by atoms with Crippen molar-refractivity contribution in [3.8, 4) is 24.2 Å². The molecule has 0 heteroatoms. The second kappa shape index (κ2) is 6.86. The van der Waals surface area contributed by atoms with Crippen LogP contribution in [0, 0.1) is 24.2 Å². The Hall–Kier alpha value is -1.14. The summed E-state index contributed by atoms with van der Waals surface area (Å²) in [5, 5.41) is 0. The first-order valence-corrected chi connectivity index (χ1v) is 3.00. The van der Waals surface area contributed by atoms with E-state index in [1.807, 2.05) is 6.08 Å². The second-order valence-electron chi connectivity index (χ2n) is 1.53. The van der Waals surface area contributed by atoms with Gasteiger partial charge in [0.2, 0.25) is 0 Å². The summed E-state index contributed by atoms with van der Waals surface area (Å²) in [5.41, 5.74) is 0. The first-order chi connectivity index (χ1) is 4.41. The molecule has 0 radical (unpaired) electrons. The summed E-state index contributed by atoms with van der Waals surface area (Å²) in [6.45, 7) is 2.09. The average molecular weight is 118 g/mol. The van der Waals surface area contributed by atoms with Crippen LogP contribution in [0.25, 0.3) is 0 Å². The number of hydrogen-bond acceptors (Lipinski definition) is 0. The van der Waals surface area contributed by atoms with Gasteiger partial charge in [0, 0.05) is 6.42 Å². The van der Waals surface area contributed by atoms with Gasteiger partial charge >= 0.3 is 0 Å². The summed E-state index contributed by atoms with van der Waals surface area (Å²) in [5.74, 6) is 7.58. The van der Waals surface area contributed by atoms with Crippen molar-refractivity contribution >= 4 is 0 Å². The molecule has 0 nitrogen and oxygen atoms in total. The maximum Gasteiger partial charge on any atom is 0.0279 e. The zero-order chi connectivity index (χ0) is 6.95. The molecule has 0 bridgehead atoms. The molecule has 0 aromatic heterocycles. The van der Waals surface area contributed by atoms with E-state index in [4.69, 9.17) is 6.42 Å². The van der Waals surface area contributed by atoms with Crippen molar-refractivity contribution in [3.05, 3.63) is 12.2 Å². The minimum Gasteiger partial charge on any atom is -0.106 e. The van der Waals surface area contributed by atoms with E-state index in [1.54, 1.807) is 0 Å². The summed E-state index contributed by atoms with van der Waals surface area (Å²) in [7, 11) is 0. The largest absolute Gasteiger partial charge is 0.106 e. The normalized spacial score (nSPS) is 8.00. The summed E-state index contributed by atoms with van der Waals surface area (Å²) in [6, 6.07) is 0. The van der Waals surface area contributed by atoms with Gasteiger partial charge in [-0.15, -0.1) is 6.42 Å². The Morgan fingerprint density at radius 2 is 2.22 bits per heavy atom. The van der Waals surface area contributed by atoms with E-state index in [0.717, 1.165) is 12.8 Å². The minimum atomic E-state index is 0.776. The van der Waals surface area contributed by atoms with Gasteiger partial charge in [0.15, 0.2) is 0 Å². The topological polar surface area (TPSA) is 0 Å². The molecule has 0 spiro atoms. The van der Waals surface area contributed by atoms with Gasteiger partial charge < -0.3 is 0 Å². The van der Waals surface area contributed by atoms with E-state index in [2.05, 4.69) is 30.8 Å². The Kier molecular flexibility index (Phi) is 5.99. The Bertz CT molecular complexity index is 168. The molecule has 0 aliphatic rings. The molecule has 0 N–H and O–H groups in total. The molecule has 0 aliphatic heterocycles. The summed E-state index contributed by atoms with van der Waals surface area (Å²) >= 11 is 0. The van der Waals surface area contributed by atoms with Crippen LogP contribution in [0.2, 0.25) is 0 Å². The molecule has 0 saturated heterocycles. The fourth-order valence-electron chi connectivity index (χ4n) is 0.411. The lowest BCUT2D eigenvalue weighted by atomic mass is 10.3. The summed E-state index contributed by atoms with van der Waals surface area (Å²) in [6.07, 6.45) is 10.8. The van der Waals surface area contributed by atoms with Crippen LogP contribution in [-0.4, -0.2) is 0 Å². The van der Waals surface area contributed by atoms with E-state index in [-0.39, 0.29) is 0 Å². The van der Waals surface area contributed by atoms with Crippen molar-refractivity contribution < 1.29 is 0 Å². The third-order valence-electron chi connectivity index (χ3n) is 0.783. The molecule has 0 aliphatic carbocycles. The predicted molar refractivity (Wildman–Crippen MR) is 40.7 cm³/mol. The Labute approximate surface area is 57.0 Å². The van der Waals surface area contributed by atoms with E-state index in [1.165, 1.54) is 0 Å². The van der Waals surface area contributed by atoms with E-state index >= 15 is 0 Å². The van der Waals surface area contributed by atoms with E-state index < -0.39 is 0 Å². The Balaban J connectivity index is 3.31. The number of terminal acetylenes is 1. The average Bonchev–Trinajstić information content (AvgIpc) is 1.89. The fraction of sp³-hybridized carbons (Fsp3) is 0.333. The predicted octanol–water partition coefficient (Wildman–Crippen LogP) is 1.98. The van der Waals surface area contributed by atoms with Crippen LogP contribution < -0.4 is 0 Å². The highest BCUT2D eigenvalue weighted by atomic mass is 13.7. The van der Waals surface area contributed by atoms with Crippen molar-refractivity contribution in [2.45, 2.75) is 19.8 Å². The zero-order valence-corrected chi connectivity index (χ0v) is 5.65. The maximum atomic E-state index is 4.90. The standard InChI is InChI=1S/C9H10/c1-3-5-7-9-8-6-4-2/h1,6,8H,4,9H2,2H3. The van der Waals surface area contributed by atoms with Crippen LogP contribution in [-0.2, 0) is 0 Å². The molecule has 0 rings (SSSR count). The van der Waals surface area contributed by atoms with Gasteiger partial charge in [0.05, 0.1) is 0 Å². The molecule has 0 fully saturated rings. The lowest BCUT2D eigenvalue weighted by Crippen LogP contribution is -1.57. The fourth-order valence-corrected chi connectivity index (χ4v) is 0.411. The number of allylic oxidation sites excluding steroid dienone is 2. The van der Waals surface area contributed by atoms with Crippen molar-refractivity contribution in [3.63, 3.8) is 0 Å². The molecular weight excluding hydrogens is 108 g/mol. The van der Waals surface area contributed by atoms with Crippen LogP contribution in [0.15, 0.2) is 12.2 Å². The highest BCUT2D eigenvalue weighted by Crippen LogP contribution is 1.82. The lowest BCUT2D eigenvalue weighted by Gasteiger charge is -1.74. The number of rotatable bonds is 2. The van der Waals surface area contributed by atoms with Gasteiger partial charge in [0.1, 0.15) is 0 Å². The van der Waals surface area contributed by atoms with E-state index in [9.17, 15) is 0 Å². The van der Waals surface area contributed by atoms with Crippen molar-refractivity contribution in [2.24, 2.45) is 0 Å². The smallest absolute Gasteiger partial charge is 0.0279 e. The SMILES string of the molecule is C#CC#CCC=CCC. The second-order valence-corrected chi connectivity index (χ2v) is 1.53. The molecule has 46 valence electrons. The van der Waals surface area contributed by atoms with Gasteiger partial charge in [-0.3, -0.25) is 0 Å². The Morgan fingerprint density at radius 3 is 2.78 bits per heavy atom. The van der Waals surface area contributed by atoms with Crippen molar-refractivity contribution in [2.75, 3.05) is 0 Å². The monoisotopic (exact) mass is 118 g/mol. The lowest BCUT2D eigenvalue weighted by molar-refractivity contribution is 1.21. The molecular formula is C9H10. The van der Waals surface area contributed by atoms with Crippen LogP contribution in [0.5, 0.6) is 0 Å². The molecule has 0 amide bonds. The third kappa shape index (κ3) is 6.86. The van der Waals surface area contributed by atoms with E-state index in [0.29, 0.717) is 0 Å². The van der Waals surface area contributed by atoms with Gasteiger partial charge in [-0.2, -0.15) is 0 Å². The highest BCUT2D eigenvalue weighted by Gasteiger charge is 1.65. The van der Waals surface area contributed by atoms with Crippen LogP contribution in [0.1, 0.15) is 19.8 Å². The first kappa shape index (κ1) is 7.86. The summed E-state index contributed by atoms with van der Waals surface area (Å²) < 4.78 is 0. The van der Waals surface area contributed by atoms with Gasteiger partial charge in [-0.05, 0) is 18.3 Å². The van der Waals surface area contributed by atoms with Gasteiger partial charge in [-0.1, -0.05) is 25.0 Å². The van der Waals surface area contributed by atoms with Crippen molar-refractivity contribution in [1.82, 2.24) is 0 Å². The van der Waals surface area contributed by atoms with Crippen LogP contribution in [0.3, 0.4) is 0 Å². The quantitative estimate of drug-likeness (QED) is 0.384. The molecule has 0 unspecified atom stereocenters. The minimum absolute atomic E-state index is 0.776. The van der Waals surface area contributed by atoms with Gasteiger partial charge in [-0.25, -0.2) is 0 Å². The first-order valence-electron chi connectivity index (χ1n) is 3.00. The Morgan fingerprint density at radius 1 is 1.44 bits per heavy atom. The van der Waals surface area contributed by atoms with Crippen LogP contribution in [0.4, 0.5) is 0 Å². The van der Waals surface area contributed by atoms with Crippen LogP contribution >= 0.6 is 0 Å². The maximum absolute atomic E-state index is 4.90. The third-order valence-corrected chi connectivity index (χ3v) is 0.783. The number of hydrogen-bond donors (Lipinski definition) is 0. The van der Waals surface area contributed by atoms with Gasteiger partial charge in [0.25, 0.3) is 0 Å².